The number of thiophene rings is 1. The summed E-state index contributed by atoms with van der Waals surface area (Å²) in [5, 5.41) is 3.82. The van der Waals surface area contributed by atoms with E-state index in [4.69, 9.17) is 5.73 Å². The number of H-pyrrole nitrogens is 1. The largest absolute Gasteiger partial charge is 0.364 e. The summed E-state index contributed by atoms with van der Waals surface area (Å²) in [6, 6.07) is 1.98. The highest BCUT2D eigenvalue weighted by molar-refractivity contribution is 7.08. The number of primary amides is 1. The molecule has 0 spiro atoms. The highest BCUT2D eigenvalue weighted by Gasteiger charge is 2.24. The first-order chi connectivity index (χ1) is 11.6. The van der Waals surface area contributed by atoms with Gasteiger partial charge in [-0.15, -0.1) is 0 Å². The molecule has 124 valence electrons. The molecule has 3 aromatic rings. The minimum absolute atomic E-state index is 0.0628. The third kappa shape index (κ3) is 2.43. The molecule has 4 rings (SSSR count). The lowest BCUT2D eigenvalue weighted by Crippen LogP contribution is -2.24. The van der Waals surface area contributed by atoms with Crippen LogP contribution in [0.2, 0.25) is 0 Å². The van der Waals surface area contributed by atoms with Crippen LogP contribution in [-0.4, -0.2) is 25.4 Å². The summed E-state index contributed by atoms with van der Waals surface area (Å²) >= 11 is 1.52. The van der Waals surface area contributed by atoms with E-state index in [1.54, 1.807) is 4.57 Å². The Kier molecular flexibility index (Phi) is 3.68. The summed E-state index contributed by atoms with van der Waals surface area (Å²) in [7, 11) is 0. The molecule has 8 heteroatoms. The summed E-state index contributed by atoms with van der Waals surface area (Å²) in [5.41, 5.74) is 6.90. The lowest BCUT2D eigenvalue weighted by molar-refractivity contribution is 0.0997. The van der Waals surface area contributed by atoms with Crippen LogP contribution in [0.5, 0.6) is 0 Å². The first-order valence-electron chi connectivity index (χ1n) is 8.00. The van der Waals surface area contributed by atoms with E-state index >= 15 is 0 Å². The standard InChI is InChI=1S/C16H17N5O2S/c17-13(22)11-12-15(20-14(18-11)9-6-7-24-8-9)21(16(23)19-12)10-4-2-1-3-5-10/h6-8,10H,1-5H2,(H2,17,22)(H,19,23). The number of hydrogen-bond donors (Lipinski definition) is 2. The average Bonchev–Trinajstić information content (AvgIpc) is 3.21. The molecule has 0 aromatic carbocycles. The first-order valence-corrected chi connectivity index (χ1v) is 8.94. The van der Waals surface area contributed by atoms with Crippen molar-refractivity contribution < 1.29 is 4.79 Å². The Balaban J connectivity index is 1.98. The highest BCUT2D eigenvalue weighted by Crippen LogP contribution is 2.30. The molecule has 0 atom stereocenters. The second kappa shape index (κ2) is 5.86. The van der Waals surface area contributed by atoms with E-state index in [0.717, 1.165) is 31.2 Å². The highest BCUT2D eigenvalue weighted by atomic mass is 32.1. The van der Waals surface area contributed by atoms with Gasteiger partial charge in [-0.3, -0.25) is 9.36 Å². The number of aromatic nitrogens is 4. The normalized spacial score (nSPS) is 15.8. The van der Waals surface area contributed by atoms with Gasteiger partial charge in [-0.1, -0.05) is 19.3 Å². The number of aromatic amines is 1. The van der Waals surface area contributed by atoms with Crippen molar-refractivity contribution in [2.75, 3.05) is 0 Å². The fourth-order valence-electron chi connectivity index (χ4n) is 3.38. The molecule has 7 nitrogen and oxygen atoms in total. The van der Waals surface area contributed by atoms with Crippen molar-refractivity contribution in [3.05, 3.63) is 33.0 Å². The number of rotatable bonds is 3. The minimum Gasteiger partial charge on any atom is -0.364 e. The van der Waals surface area contributed by atoms with E-state index in [9.17, 15) is 9.59 Å². The minimum atomic E-state index is -0.670. The zero-order chi connectivity index (χ0) is 16.7. The van der Waals surface area contributed by atoms with Crippen LogP contribution in [0.15, 0.2) is 21.6 Å². The number of amides is 1. The molecule has 0 unspecified atom stereocenters. The molecule has 0 radical (unpaired) electrons. The fraction of sp³-hybridized carbons (Fsp3) is 0.375. The van der Waals surface area contributed by atoms with Gasteiger partial charge >= 0.3 is 5.69 Å². The Hall–Kier alpha value is -2.48. The van der Waals surface area contributed by atoms with Crippen LogP contribution >= 0.6 is 11.3 Å². The summed E-state index contributed by atoms with van der Waals surface area (Å²) in [6.07, 6.45) is 5.26. The Morgan fingerprint density at radius 2 is 2.08 bits per heavy atom. The Labute approximate surface area is 141 Å². The number of nitrogens with zero attached hydrogens (tertiary/aromatic N) is 3. The molecule has 0 aliphatic heterocycles. The van der Waals surface area contributed by atoms with Crippen molar-refractivity contribution in [1.29, 1.82) is 0 Å². The maximum Gasteiger partial charge on any atom is 0.327 e. The molecule has 3 aromatic heterocycles. The number of nitrogens with one attached hydrogen (secondary N) is 1. The third-order valence-electron chi connectivity index (χ3n) is 4.52. The van der Waals surface area contributed by atoms with Crippen molar-refractivity contribution >= 4 is 28.4 Å². The maximum atomic E-state index is 12.5. The van der Waals surface area contributed by atoms with Crippen LogP contribution in [-0.2, 0) is 0 Å². The van der Waals surface area contributed by atoms with Gasteiger partial charge in [-0.25, -0.2) is 14.8 Å². The fourth-order valence-corrected chi connectivity index (χ4v) is 4.01. The molecule has 1 saturated carbocycles. The molecule has 1 amide bonds. The lowest BCUT2D eigenvalue weighted by Gasteiger charge is -2.22. The van der Waals surface area contributed by atoms with Crippen LogP contribution in [0, 0.1) is 0 Å². The average molecular weight is 343 g/mol. The lowest BCUT2D eigenvalue weighted by atomic mass is 9.95. The zero-order valence-electron chi connectivity index (χ0n) is 13.0. The second-order valence-corrected chi connectivity index (χ2v) is 6.84. The molecule has 24 heavy (non-hydrogen) atoms. The van der Waals surface area contributed by atoms with E-state index in [1.165, 1.54) is 17.8 Å². The molecule has 1 aliphatic rings. The molecule has 3 heterocycles. The van der Waals surface area contributed by atoms with Crippen LogP contribution in [0.1, 0.15) is 48.6 Å². The monoisotopic (exact) mass is 343 g/mol. The number of carbonyl (C=O) groups excluding carboxylic acids is 1. The smallest absolute Gasteiger partial charge is 0.327 e. The van der Waals surface area contributed by atoms with Gasteiger partial charge in [0, 0.05) is 17.0 Å². The van der Waals surface area contributed by atoms with Crippen molar-refractivity contribution in [2.24, 2.45) is 5.73 Å². The quantitative estimate of drug-likeness (QED) is 0.761. The molecule has 3 N–H and O–H groups in total. The van der Waals surface area contributed by atoms with Gasteiger partial charge in [-0.05, 0) is 24.3 Å². The van der Waals surface area contributed by atoms with Gasteiger partial charge in [0.2, 0.25) is 0 Å². The molecule has 0 bridgehead atoms. The third-order valence-corrected chi connectivity index (χ3v) is 5.20. The van der Waals surface area contributed by atoms with Crippen molar-refractivity contribution in [2.45, 2.75) is 38.1 Å². The van der Waals surface area contributed by atoms with Crippen LogP contribution < -0.4 is 11.4 Å². The Morgan fingerprint density at radius 1 is 1.29 bits per heavy atom. The van der Waals surface area contributed by atoms with Gasteiger partial charge < -0.3 is 10.7 Å². The topological polar surface area (TPSA) is 107 Å². The van der Waals surface area contributed by atoms with E-state index in [-0.39, 0.29) is 17.4 Å². The Morgan fingerprint density at radius 3 is 2.75 bits per heavy atom. The van der Waals surface area contributed by atoms with Gasteiger partial charge in [0.25, 0.3) is 5.91 Å². The van der Waals surface area contributed by atoms with Crippen molar-refractivity contribution in [3.63, 3.8) is 0 Å². The summed E-state index contributed by atoms with van der Waals surface area (Å²) in [5.74, 6) is -0.253. The number of carbonyl (C=O) groups is 1. The summed E-state index contributed by atoms with van der Waals surface area (Å²) in [4.78, 5) is 35.9. The van der Waals surface area contributed by atoms with Gasteiger partial charge in [-0.2, -0.15) is 11.3 Å². The van der Waals surface area contributed by atoms with Crippen molar-refractivity contribution in [1.82, 2.24) is 19.5 Å². The maximum absolute atomic E-state index is 12.5. The van der Waals surface area contributed by atoms with Crippen LogP contribution in [0.3, 0.4) is 0 Å². The van der Waals surface area contributed by atoms with E-state index in [2.05, 4.69) is 15.0 Å². The predicted octanol–water partition coefficient (Wildman–Crippen LogP) is 2.45. The summed E-state index contributed by atoms with van der Waals surface area (Å²) in [6.45, 7) is 0. The van der Waals surface area contributed by atoms with Crippen LogP contribution in [0.4, 0.5) is 0 Å². The van der Waals surface area contributed by atoms with Crippen molar-refractivity contribution in [3.8, 4) is 11.4 Å². The summed E-state index contributed by atoms with van der Waals surface area (Å²) < 4.78 is 1.68. The number of imidazole rings is 1. The Bertz CT molecular complexity index is 951. The number of hydrogen-bond acceptors (Lipinski definition) is 5. The van der Waals surface area contributed by atoms with Gasteiger partial charge in [0.1, 0.15) is 5.52 Å². The molecular weight excluding hydrogens is 326 g/mol. The van der Waals surface area contributed by atoms with Gasteiger partial charge in [0.15, 0.2) is 17.2 Å². The van der Waals surface area contributed by atoms with E-state index in [1.807, 2.05) is 16.8 Å². The predicted molar refractivity (Wildman–Crippen MR) is 92.1 cm³/mol. The van der Waals surface area contributed by atoms with E-state index < -0.39 is 5.91 Å². The SMILES string of the molecule is NC(=O)c1nc(-c2ccsc2)nc2c1[nH]c(=O)n2C1CCCCC1. The first kappa shape index (κ1) is 15.1. The molecule has 0 saturated heterocycles. The molecule has 1 aliphatic carbocycles. The zero-order valence-corrected chi connectivity index (χ0v) is 13.8. The number of nitrogens with two attached hydrogens (primary N) is 1. The second-order valence-electron chi connectivity index (χ2n) is 6.06. The van der Waals surface area contributed by atoms with Gasteiger partial charge in [0.05, 0.1) is 0 Å². The molecule has 1 fully saturated rings. The van der Waals surface area contributed by atoms with Crippen LogP contribution in [0.25, 0.3) is 22.6 Å². The number of fused-ring (bicyclic) bond motifs is 1. The van der Waals surface area contributed by atoms with E-state index in [0.29, 0.717) is 17.0 Å². The molecular formula is C16H17N5O2S.